The average molecular weight is 276 g/mol. The molecule has 0 fully saturated rings. The summed E-state index contributed by atoms with van der Waals surface area (Å²) in [5, 5.41) is 3.38. The van der Waals surface area contributed by atoms with E-state index in [0.717, 1.165) is 19.4 Å². The van der Waals surface area contributed by atoms with Crippen LogP contribution in [0.1, 0.15) is 69.2 Å². The van der Waals surface area contributed by atoms with Crippen molar-refractivity contribution in [3.8, 4) is 0 Å². The normalized spacial score (nSPS) is 18.0. The van der Waals surface area contributed by atoms with E-state index in [1.807, 2.05) is 17.7 Å². The highest BCUT2D eigenvalue weighted by Gasteiger charge is 2.21. The predicted molar refractivity (Wildman–Crippen MR) is 84.2 cm³/mol. The van der Waals surface area contributed by atoms with Gasteiger partial charge in [0.05, 0.1) is 0 Å². The molecule has 0 radical (unpaired) electrons. The second kappa shape index (κ2) is 7.63. The Kier molecular flexibility index (Phi) is 5.84. The van der Waals surface area contributed by atoms with Crippen LogP contribution in [0, 0.1) is 0 Å². The third-order valence-corrected chi connectivity index (χ3v) is 4.45. The first-order valence-electron chi connectivity index (χ1n) is 8.17. The first kappa shape index (κ1) is 15.3. The van der Waals surface area contributed by atoms with Crippen LogP contribution in [-0.4, -0.2) is 11.6 Å². The summed E-state index contributed by atoms with van der Waals surface area (Å²) in [6.45, 7) is 3.12. The van der Waals surface area contributed by atoms with Crippen LogP contribution in [0.3, 0.4) is 0 Å². The van der Waals surface area contributed by atoms with Crippen LogP contribution in [0.5, 0.6) is 0 Å². The summed E-state index contributed by atoms with van der Waals surface area (Å²) in [6.07, 6.45) is 9.64. The third kappa shape index (κ3) is 3.51. The van der Waals surface area contributed by atoms with Crippen LogP contribution in [0.15, 0.2) is 16.9 Å². The van der Waals surface area contributed by atoms with E-state index in [2.05, 4.69) is 12.2 Å². The van der Waals surface area contributed by atoms with Gasteiger partial charge < -0.3 is 9.88 Å². The quantitative estimate of drug-likeness (QED) is 0.774. The lowest BCUT2D eigenvalue weighted by Gasteiger charge is -2.27. The van der Waals surface area contributed by atoms with E-state index in [9.17, 15) is 4.79 Å². The SMILES string of the molecule is CCCCCCCn1c2c(ccc1=O)C(NC)CCC2. The number of pyridine rings is 1. The highest BCUT2D eigenvalue weighted by Crippen LogP contribution is 2.28. The smallest absolute Gasteiger partial charge is 0.250 e. The summed E-state index contributed by atoms with van der Waals surface area (Å²) >= 11 is 0. The van der Waals surface area contributed by atoms with Crippen LogP contribution in [0.25, 0.3) is 0 Å². The zero-order valence-electron chi connectivity index (χ0n) is 13.0. The maximum absolute atomic E-state index is 12.1. The van der Waals surface area contributed by atoms with Gasteiger partial charge in [-0.15, -0.1) is 0 Å². The molecule has 1 aliphatic carbocycles. The van der Waals surface area contributed by atoms with E-state index in [1.54, 1.807) is 6.07 Å². The van der Waals surface area contributed by atoms with Gasteiger partial charge in [-0.3, -0.25) is 4.79 Å². The molecule has 2 rings (SSSR count). The number of nitrogens with zero attached hydrogens (tertiary/aromatic N) is 1. The second-order valence-electron chi connectivity index (χ2n) is 5.87. The van der Waals surface area contributed by atoms with Crippen molar-refractivity contribution in [3.63, 3.8) is 0 Å². The summed E-state index contributed by atoms with van der Waals surface area (Å²) in [4.78, 5) is 12.1. The fraction of sp³-hybridized carbons (Fsp3) is 0.706. The van der Waals surface area contributed by atoms with E-state index in [-0.39, 0.29) is 5.56 Å². The van der Waals surface area contributed by atoms with E-state index >= 15 is 0 Å². The number of unbranched alkanes of at least 4 members (excludes halogenated alkanes) is 4. The van der Waals surface area contributed by atoms with E-state index < -0.39 is 0 Å². The van der Waals surface area contributed by atoms with Gasteiger partial charge in [0.2, 0.25) is 0 Å². The molecule has 3 heteroatoms. The van der Waals surface area contributed by atoms with Crippen LogP contribution in [0.4, 0.5) is 0 Å². The number of rotatable bonds is 7. The molecule has 1 unspecified atom stereocenters. The highest BCUT2D eigenvalue weighted by atomic mass is 16.1. The molecule has 112 valence electrons. The molecule has 1 N–H and O–H groups in total. The number of hydrogen-bond donors (Lipinski definition) is 1. The summed E-state index contributed by atoms with van der Waals surface area (Å²) in [6, 6.07) is 4.21. The second-order valence-corrected chi connectivity index (χ2v) is 5.87. The molecule has 3 nitrogen and oxygen atoms in total. The number of nitrogens with one attached hydrogen (secondary N) is 1. The lowest BCUT2D eigenvalue weighted by molar-refractivity contribution is 0.459. The van der Waals surface area contributed by atoms with Gasteiger partial charge in [0.1, 0.15) is 0 Å². The van der Waals surface area contributed by atoms with Crippen molar-refractivity contribution >= 4 is 0 Å². The Morgan fingerprint density at radius 2 is 2.05 bits per heavy atom. The molecule has 0 saturated carbocycles. The number of fused-ring (bicyclic) bond motifs is 1. The van der Waals surface area contributed by atoms with Crippen molar-refractivity contribution in [2.24, 2.45) is 0 Å². The topological polar surface area (TPSA) is 34.0 Å². The monoisotopic (exact) mass is 276 g/mol. The van der Waals surface area contributed by atoms with E-state index in [4.69, 9.17) is 0 Å². The molecule has 0 bridgehead atoms. The fourth-order valence-corrected chi connectivity index (χ4v) is 3.28. The molecule has 0 aromatic carbocycles. The summed E-state index contributed by atoms with van der Waals surface area (Å²) in [7, 11) is 2.01. The summed E-state index contributed by atoms with van der Waals surface area (Å²) in [5.74, 6) is 0. The van der Waals surface area contributed by atoms with Gasteiger partial charge in [-0.25, -0.2) is 0 Å². The minimum Gasteiger partial charge on any atom is -0.313 e. The van der Waals surface area contributed by atoms with Crippen LogP contribution >= 0.6 is 0 Å². The molecule has 0 saturated heterocycles. The molecule has 1 aliphatic rings. The van der Waals surface area contributed by atoms with Crippen molar-refractivity contribution in [1.29, 1.82) is 0 Å². The molecule has 1 aromatic rings. The van der Waals surface area contributed by atoms with Crippen molar-refractivity contribution in [1.82, 2.24) is 9.88 Å². The molecular weight excluding hydrogens is 248 g/mol. The molecule has 0 amide bonds. The van der Waals surface area contributed by atoms with Gasteiger partial charge in [-0.1, -0.05) is 38.7 Å². The minimum atomic E-state index is 0.177. The van der Waals surface area contributed by atoms with Crippen LogP contribution in [-0.2, 0) is 13.0 Å². The Hall–Kier alpha value is -1.09. The zero-order valence-corrected chi connectivity index (χ0v) is 13.0. The lowest BCUT2D eigenvalue weighted by Crippen LogP contribution is -2.30. The molecular formula is C17H28N2O. The first-order chi connectivity index (χ1) is 9.77. The van der Waals surface area contributed by atoms with Gasteiger partial charge in [0, 0.05) is 24.3 Å². The zero-order chi connectivity index (χ0) is 14.4. The Labute approximate surface area is 122 Å². The van der Waals surface area contributed by atoms with Crippen molar-refractivity contribution in [2.75, 3.05) is 7.05 Å². The summed E-state index contributed by atoms with van der Waals surface area (Å²) in [5.41, 5.74) is 2.79. The highest BCUT2D eigenvalue weighted by molar-refractivity contribution is 5.27. The number of aromatic nitrogens is 1. The molecule has 1 heterocycles. The van der Waals surface area contributed by atoms with Crippen molar-refractivity contribution in [3.05, 3.63) is 33.7 Å². The standard InChI is InChI=1S/C17H28N2O/c1-3-4-5-6-7-13-19-16-10-8-9-15(18-2)14(16)11-12-17(19)20/h11-12,15,18H,3-10,13H2,1-2H3. The Balaban J connectivity index is 2.10. The van der Waals surface area contributed by atoms with Gasteiger partial charge in [0.25, 0.3) is 5.56 Å². The number of hydrogen-bond acceptors (Lipinski definition) is 2. The maximum atomic E-state index is 12.1. The molecule has 0 aliphatic heterocycles. The van der Waals surface area contributed by atoms with Gasteiger partial charge in [0.15, 0.2) is 0 Å². The molecule has 20 heavy (non-hydrogen) atoms. The molecule has 0 spiro atoms. The third-order valence-electron chi connectivity index (χ3n) is 4.45. The molecule has 1 aromatic heterocycles. The predicted octanol–water partition coefficient (Wildman–Crippen LogP) is 3.42. The van der Waals surface area contributed by atoms with Crippen LogP contribution in [0.2, 0.25) is 0 Å². The van der Waals surface area contributed by atoms with Gasteiger partial charge in [-0.2, -0.15) is 0 Å². The average Bonchev–Trinajstić information content (AvgIpc) is 2.48. The minimum absolute atomic E-state index is 0.177. The molecule has 1 atom stereocenters. The van der Waals surface area contributed by atoms with E-state index in [1.165, 1.54) is 49.8 Å². The Morgan fingerprint density at radius 3 is 2.80 bits per heavy atom. The van der Waals surface area contributed by atoms with E-state index in [0.29, 0.717) is 6.04 Å². The van der Waals surface area contributed by atoms with Gasteiger partial charge >= 0.3 is 0 Å². The largest absolute Gasteiger partial charge is 0.313 e. The van der Waals surface area contributed by atoms with Crippen molar-refractivity contribution < 1.29 is 0 Å². The first-order valence-corrected chi connectivity index (χ1v) is 8.17. The maximum Gasteiger partial charge on any atom is 0.250 e. The van der Waals surface area contributed by atoms with Crippen LogP contribution < -0.4 is 10.9 Å². The Morgan fingerprint density at radius 1 is 1.25 bits per heavy atom. The fourth-order valence-electron chi connectivity index (χ4n) is 3.28. The lowest BCUT2D eigenvalue weighted by atomic mass is 9.91. The van der Waals surface area contributed by atoms with Gasteiger partial charge in [-0.05, 0) is 38.3 Å². The Bertz CT molecular complexity index is 478. The van der Waals surface area contributed by atoms with Crippen molar-refractivity contribution in [2.45, 2.75) is 70.9 Å². The summed E-state index contributed by atoms with van der Waals surface area (Å²) < 4.78 is 2.03.